The molecule has 160 valence electrons. The lowest BCUT2D eigenvalue weighted by molar-refractivity contribution is -0.119. The summed E-state index contributed by atoms with van der Waals surface area (Å²) in [5.41, 5.74) is 2.56. The molecule has 1 saturated heterocycles. The second-order valence-electron chi connectivity index (χ2n) is 7.54. The highest BCUT2D eigenvalue weighted by atomic mass is 32.2. The van der Waals surface area contributed by atoms with E-state index in [9.17, 15) is 13.8 Å². The van der Waals surface area contributed by atoms with Crippen LogP contribution in [0.1, 0.15) is 34.5 Å². The Morgan fingerprint density at radius 3 is 2.55 bits per heavy atom. The Balaban J connectivity index is 1.38. The van der Waals surface area contributed by atoms with Crippen molar-refractivity contribution in [2.45, 2.75) is 30.4 Å². The zero-order valence-corrected chi connectivity index (χ0v) is 17.8. The van der Waals surface area contributed by atoms with Gasteiger partial charge in [-0.2, -0.15) is 0 Å². The zero-order valence-electron chi connectivity index (χ0n) is 17.0. The normalized spacial score (nSPS) is 16.8. The van der Waals surface area contributed by atoms with Gasteiger partial charge in [0, 0.05) is 34.5 Å². The molecule has 0 saturated carbocycles. The lowest BCUT2D eigenvalue weighted by Crippen LogP contribution is -2.43. The summed E-state index contributed by atoms with van der Waals surface area (Å²) in [6, 6.07) is 19.9. The zero-order chi connectivity index (χ0) is 21.6. The van der Waals surface area contributed by atoms with E-state index in [4.69, 9.17) is 4.42 Å². The van der Waals surface area contributed by atoms with Crippen molar-refractivity contribution in [2.24, 2.45) is 0 Å². The number of furan rings is 1. The Morgan fingerprint density at radius 2 is 1.77 bits per heavy atom. The van der Waals surface area contributed by atoms with Gasteiger partial charge < -0.3 is 14.6 Å². The van der Waals surface area contributed by atoms with Gasteiger partial charge in [-0.3, -0.25) is 13.8 Å². The molecule has 3 aromatic rings. The molecule has 2 atom stereocenters. The first-order valence-corrected chi connectivity index (χ1v) is 11.7. The molecule has 2 heterocycles. The molecule has 0 bridgehead atoms. The summed E-state index contributed by atoms with van der Waals surface area (Å²) in [5.74, 6) is 0.643. The Morgan fingerprint density at radius 1 is 1.00 bits per heavy atom. The summed E-state index contributed by atoms with van der Waals surface area (Å²) in [7, 11) is -1.05. The number of hydrogen-bond acceptors (Lipinski definition) is 4. The van der Waals surface area contributed by atoms with Crippen molar-refractivity contribution in [3.63, 3.8) is 0 Å². The molecule has 1 fully saturated rings. The molecule has 6 nitrogen and oxygen atoms in total. The third kappa shape index (κ3) is 5.30. The lowest BCUT2D eigenvalue weighted by Gasteiger charge is -2.23. The highest BCUT2D eigenvalue weighted by Crippen LogP contribution is 2.22. The molecule has 0 spiro atoms. The van der Waals surface area contributed by atoms with Crippen LogP contribution in [0.3, 0.4) is 0 Å². The van der Waals surface area contributed by atoms with Crippen LogP contribution in [-0.4, -0.2) is 33.5 Å². The Hall–Kier alpha value is -3.19. The van der Waals surface area contributed by atoms with Crippen molar-refractivity contribution in [2.75, 3.05) is 11.9 Å². The van der Waals surface area contributed by atoms with E-state index in [0.29, 0.717) is 30.2 Å². The number of benzene rings is 2. The van der Waals surface area contributed by atoms with E-state index in [1.54, 1.807) is 23.1 Å². The third-order valence-electron chi connectivity index (χ3n) is 5.24. The van der Waals surface area contributed by atoms with Crippen LogP contribution in [-0.2, 0) is 27.1 Å². The van der Waals surface area contributed by atoms with Crippen LogP contribution >= 0.6 is 0 Å². The number of likely N-dealkylation sites (tertiary alicyclic amines) is 1. The predicted octanol–water partition coefficient (Wildman–Crippen LogP) is 3.97. The molecule has 7 heteroatoms. The molecule has 1 aliphatic rings. The first-order chi connectivity index (χ1) is 15.1. The minimum Gasteiger partial charge on any atom is -0.459 e. The number of amides is 2. The minimum atomic E-state index is -1.05. The molecule has 0 aliphatic carbocycles. The van der Waals surface area contributed by atoms with E-state index in [1.807, 2.05) is 48.5 Å². The molecular weight excluding hydrogens is 412 g/mol. The first kappa shape index (κ1) is 21.1. The Kier molecular flexibility index (Phi) is 6.62. The highest BCUT2D eigenvalue weighted by molar-refractivity contribution is 7.83. The standard InChI is InChI=1S/C24H24N2O4S/c27-23(21-11-5-13-26(21)24(28)22-12-6-14-30-22)25-20-10-4-9-19(15-20)17-31(29)16-18-7-2-1-3-8-18/h1-4,6-10,12,14-15,21H,5,11,13,16-17H2,(H,25,27). The SMILES string of the molecule is O=C(Nc1cccc(CS(=O)Cc2ccccc2)c1)C1CCCN1C(=O)c1ccco1. The summed E-state index contributed by atoms with van der Waals surface area (Å²) in [6.07, 6.45) is 2.83. The van der Waals surface area contributed by atoms with E-state index in [1.165, 1.54) is 6.26 Å². The Bertz CT molecular complexity index is 1070. The molecule has 31 heavy (non-hydrogen) atoms. The van der Waals surface area contributed by atoms with E-state index < -0.39 is 16.8 Å². The van der Waals surface area contributed by atoms with Crippen LogP contribution in [0.2, 0.25) is 0 Å². The largest absolute Gasteiger partial charge is 0.459 e. The average molecular weight is 437 g/mol. The fraction of sp³-hybridized carbons (Fsp3) is 0.250. The van der Waals surface area contributed by atoms with Gasteiger partial charge in [0.15, 0.2) is 5.76 Å². The van der Waals surface area contributed by atoms with E-state index in [-0.39, 0.29) is 17.6 Å². The van der Waals surface area contributed by atoms with Crippen molar-refractivity contribution in [1.29, 1.82) is 0 Å². The number of carbonyl (C=O) groups excluding carboxylic acids is 2. The maximum atomic E-state index is 12.9. The number of carbonyl (C=O) groups is 2. The van der Waals surface area contributed by atoms with Gasteiger partial charge in [0.05, 0.1) is 6.26 Å². The summed E-state index contributed by atoms with van der Waals surface area (Å²) >= 11 is 0. The third-order valence-corrected chi connectivity index (χ3v) is 6.55. The van der Waals surface area contributed by atoms with Crippen molar-refractivity contribution in [3.05, 3.63) is 89.9 Å². The second-order valence-corrected chi connectivity index (χ2v) is 8.99. The van der Waals surface area contributed by atoms with Crippen molar-refractivity contribution < 1.29 is 18.2 Å². The minimum absolute atomic E-state index is 0.222. The van der Waals surface area contributed by atoms with Crippen LogP contribution in [0.4, 0.5) is 5.69 Å². The average Bonchev–Trinajstić information content (AvgIpc) is 3.46. The number of hydrogen-bond donors (Lipinski definition) is 1. The molecular formula is C24H24N2O4S. The number of nitrogens with one attached hydrogen (secondary N) is 1. The number of anilines is 1. The predicted molar refractivity (Wildman–Crippen MR) is 120 cm³/mol. The van der Waals surface area contributed by atoms with Crippen molar-refractivity contribution in [1.82, 2.24) is 4.90 Å². The first-order valence-electron chi connectivity index (χ1n) is 10.2. The van der Waals surface area contributed by atoms with Crippen LogP contribution in [0.15, 0.2) is 77.4 Å². The number of nitrogens with zero attached hydrogens (tertiary/aromatic N) is 1. The van der Waals surface area contributed by atoms with E-state index >= 15 is 0 Å². The molecule has 1 aliphatic heterocycles. The maximum Gasteiger partial charge on any atom is 0.290 e. The molecule has 1 aromatic heterocycles. The van der Waals surface area contributed by atoms with Gasteiger partial charge in [-0.05, 0) is 48.2 Å². The molecule has 2 amide bonds. The van der Waals surface area contributed by atoms with Crippen LogP contribution in [0.5, 0.6) is 0 Å². The van der Waals surface area contributed by atoms with Gasteiger partial charge in [0.2, 0.25) is 5.91 Å². The van der Waals surface area contributed by atoms with Crippen molar-refractivity contribution >= 4 is 28.3 Å². The summed E-state index contributed by atoms with van der Waals surface area (Å²) in [4.78, 5) is 27.1. The van der Waals surface area contributed by atoms with Crippen molar-refractivity contribution in [3.8, 4) is 0 Å². The van der Waals surface area contributed by atoms with Gasteiger partial charge in [-0.15, -0.1) is 0 Å². The second kappa shape index (κ2) is 9.75. The fourth-order valence-corrected chi connectivity index (χ4v) is 5.00. The molecule has 2 aromatic carbocycles. The van der Waals surface area contributed by atoms with Crippen LogP contribution < -0.4 is 5.32 Å². The molecule has 2 unspecified atom stereocenters. The molecule has 0 radical (unpaired) electrons. The quantitative estimate of drug-likeness (QED) is 0.608. The summed E-state index contributed by atoms with van der Waals surface area (Å²) in [5, 5.41) is 2.91. The van der Waals surface area contributed by atoms with Crippen LogP contribution in [0, 0.1) is 0 Å². The fourth-order valence-electron chi connectivity index (χ4n) is 3.79. The topological polar surface area (TPSA) is 79.6 Å². The summed E-state index contributed by atoms with van der Waals surface area (Å²) < 4.78 is 17.7. The smallest absolute Gasteiger partial charge is 0.290 e. The van der Waals surface area contributed by atoms with E-state index in [0.717, 1.165) is 17.5 Å². The van der Waals surface area contributed by atoms with Crippen LogP contribution in [0.25, 0.3) is 0 Å². The highest BCUT2D eigenvalue weighted by Gasteiger charge is 2.35. The molecule has 4 rings (SSSR count). The van der Waals surface area contributed by atoms with Gasteiger partial charge >= 0.3 is 0 Å². The Labute approximate surface area is 183 Å². The van der Waals surface area contributed by atoms with Gasteiger partial charge in [-0.25, -0.2) is 0 Å². The van der Waals surface area contributed by atoms with E-state index in [2.05, 4.69) is 5.32 Å². The number of rotatable bonds is 7. The van der Waals surface area contributed by atoms with Gasteiger partial charge in [-0.1, -0.05) is 42.5 Å². The lowest BCUT2D eigenvalue weighted by atomic mass is 10.1. The maximum absolute atomic E-state index is 12.9. The van der Waals surface area contributed by atoms with Gasteiger partial charge in [0.1, 0.15) is 6.04 Å². The summed E-state index contributed by atoms with van der Waals surface area (Å²) in [6.45, 7) is 0.524. The van der Waals surface area contributed by atoms with Gasteiger partial charge in [0.25, 0.3) is 5.91 Å². The monoisotopic (exact) mass is 436 g/mol. The molecule has 1 N–H and O–H groups in total.